The normalized spacial score (nSPS) is 14.4. The molecule has 0 saturated heterocycles. The van der Waals surface area contributed by atoms with Crippen molar-refractivity contribution in [2.45, 2.75) is 33.7 Å². The van der Waals surface area contributed by atoms with Gasteiger partial charge in [-0.3, -0.25) is 4.79 Å². The first-order valence-corrected chi connectivity index (χ1v) is 6.95. The zero-order valence-electron chi connectivity index (χ0n) is 13.1. The van der Waals surface area contributed by atoms with Gasteiger partial charge in [-0.1, -0.05) is 20.8 Å². The number of ether oxygens (including phenoxy) is 2. The molecule has 1 aromatic carbocycles. The number of benzene rings is 1. The van der Waals surface area contributed by atoms with Crippen molar-refractivity contribution in [1.29, 1.82) is 0 Å². The van der Waals surface area contributed by atoms with E-state index in [1.54, 1.807) is 12.1 Å². The average Bonchev–Trinajstić information content (AvgIpc) is 2.81. The van der Waals surface area contributed by atoms with Gasteiger partial charge in [0.15, 0.2) is 11.5 Å². The number of hydrogen-bond donors (Lipinski definition) is 3. The highest BCUT2D eigenvalue weighted by molar-refractivity contribution is 5.94. The summed E-state index contributed by atoms with van der Waals surface area (Å²) in [5.41, 5.74) is 6.28. The van der Waals surface area contributed by atoms with Crippen molar-refractivity contribution >= 4 is 17.6 Å². The lowest BCUT2D eigenvalue weighted by atomic mass is 9.86. The van der Waals surface area contributed by atoms with Gasteiger partial charge in [-0.2, -0.15) is 0 Å². The maximum absolute atomic E-state index is 12.1. The molecule has 7 heteroatoms. The molecule has 1 heterocycles. The van der Waals surface area contributed by atoms with Gasteiger partial charge in [0.1, 0.15) is 6.04 Å². The van der Waals surface area contributed by atoms with Gasteiger partial charge in [-0.15, -0.1) is 0 Å². The number of carbonyl (C=O) groups excluding carboxylic acids is 2. The smallest absolute Gasteiger partial charge is 0.319 e. The van der Waals surface area contributed by atoms with Crippen molar-refractivity contribution in [2.24, 2.45) is 11.1 Å². The number of nitrogens with one attached hydrogen (secondary N) is 2. The monoisotopic (exact) mass is 307 g/mol. The SMILES string of the molecule is Cc1cc2c(cc1NC(=O)N[C@@H](C(N)=O)C(C)(C)C)OCO2. The third-order valence-electron chi connectivity index (χ3n) is 3.39. The molecule has 0 radical (unpaired) electrons. The summed E-state index contributed by atoms with van der Waals surface area (Å²) in [5.74, 6) is 0.640. The molecule has 1 aromatic rings. The second kappa shape index (κ2) is 5.75. The van der Waals surface area contributed by atoms with Gasteiger partial charge < -0.3 is 25.8 Å². The van der Waals surface area contributed by atoms with Crippen molar-refractivity contribution < 1.29 is 19.1 Å². The number of primary amides is 1. The van der Waals surface area contributed by atoms with E-state index in [9.17, 15) is 9.59 Å². The molecule has 0 saturated carbocycles. The first-order valence-electron chi connectivity index (χ1n) is 6.95. The number of fused-ring (bicyclic) bond motifs is 1. The van der Waals surface area contributed by atoms with E-state index in [2.05, 4.69) is 10.6 Å². The van der Waals surface area contributed by atoms with Gasteiger partial charge in [-0.25, -0.2) is 4.79 Å². The molecule has 2 rings (SSSR count). The van der Waals surface area contributed by atoms with Crippen molar-refractivity contribution in [3.63, 3.8) is 0 Å². The predicted molar refractivity (Wildman–Crippen MR) is 81.9 cm³/mol. The number of amides is 3. The van der Waals surface area contributed by atoms with Crippen LogP contribution in [0.4, 0.5) is 10.5 Å². The molecule has 0 fully saturated rings. The van der Waals surface area contributed by atoms with E-state index in [1.807, 2.05) is 27.7 Å². The zero-order valence-corrected chi connectivity index (χ0v) is 13.1. The van der Waals surface area contributed by atoms with Crippen LogP contribution in [0, 0.1) is 12.3 Å². The zero-order chi connectivity index (χ0) is 16.5. The summed E-state index contributed by atoms with van der Waals surface area (Å²) in [5, 5.41) is 5.31. The van der Waals surface area contributed by atoms with Gasteiger partial charge in [0, 0.05) is 11.8 Å². The standard InChI is InChI=1S/C15H21N3O4/c1-8-5-10-11(22-7-21-10)6-9(8)17-14(20)18-12(13(16)19)15(2,3)4/h5-6,12H,7H2,1-4H3,(H2,16,19)(H2,17,18,20)/t12-/m0/s1. The molecule has 1 atom stereocenters. The minimum atomic E-state index is -0.776. The Hall–Kier alpha value is -2.44. The van der Waals surface area contributed by atoms with E-state index in [-0.39, 0.29) is 6.79 Å². The summed E-state index contributed by atoms with van der Waals surface area (Å²) in [4.78, 5) is 23.6. The fourth-order valence-corrected chi connectivity index (χ4v) is 2.18. The Morgan fingerprint density at radius 1 is 1.23 bits per heavy atom. The molecule has 7 nitrogen and oxygen atoms in total. The number of carbonyl (C=O) groups is 2. The second-order valence-electron chi connectivity index (χ2n) is 6.32. The van der Waals surface area contributed by atoms with E-state index < -0.39 is 23.4 Å². The summed E-state index contributed by atoms with van der Waals surface area (Å²) < 4.78 is 10.5. The molecule has 0 aliphatic carbocycles. The van der Waals surface area contributed by atoms with Crippen LogP contribution in [0.1, 0.15) is 26.3 Å². The fraction of sp³-hybridized carbons (Fsp3) is 0.467. The van der Waals surface area contributed by atoms with Crippen LogP contribution < -0.4 is 25.8 Å². The van der Waals surface area contributed by atoms with Crippen molar-refractivity contribution in [3.05, 3.63) is 17.7 Å². The number of nitrogens with two attached hydrogens (primary N) is 1. The Morgan fingerprint density at radius 3 is 2.36 bits per heavy atom. The molecule has 0 aromatic heterocycles. The lowest BCUT2D eigenvalue weighted by Gasteiger charge is -2.28. The molecule has 4 N–H and O–H groups in total. The van der Waals surface area contributed by atoms with E-state index in [0.29, 0.717) is 17.2 Å². The Kier molecular flexibility index (Phi) is 4.16. The molecule has 1 aliphatic heterocycles. The van der Waals surface area contributed by atoms with Crippen LogP contribution in [0.15, 0.2) is 12.1 Å². The summed E-state index contributed by atoms with van der Waals surface area (Å²) in [7, 11) is 0. The van der Waals surface area contributed by atoms with E-state index in [1.165, 1.54) is 0 Å². The van der Waals surface area contributed by atoms with Crippen LogP contribution in [0.2, 0.25) is 0 Å². The Labute approximate surface area is 129 Å². The van der Waals surface area contributed by atoms with Gasteiger partial charge in [0.05, 0.1) is 0 Å². The largest absolute Gasteiger partial charge is 0.454 e. The summed E-state index contributed by atoms with van der Waals surface area (Å²) >= 11 is 0. The summed E-state index contributed by atoms with van der Waals surface area (Å²) in [6.07, 6.45) is 0. The van der Waals surface area contributed by atoms with E-state index >= 15 is 0 Å². The minimum absolute atomic E-state index is 0.165. The predicted octanol–water partition coefficient (Wildman–Crippen LogP) is 1.75. The van der Waals surface area contributed by atoms with Gasteiger partial charge >= 0.3 is 6.03 Å². The lowest BCUT2D eigenvalue weighted by molar-refractivity contribution is -0.122. The molecule has 0 unspecified atom stereocenters. The molecule has 120 valence electrons. The van der Waals surface area contributed by atoms with Crippen LogP contribution >= 0.6 is 0 Å². The van der Waals surface area contributed by atoms with Crippen LogP contribution in [0.5, 0.6) is 11.5 Å². The topological polar surface area (TPSA) is 103 Å². The van der Waals surface area contributed by atoms with Crippen molar-refractivity contribution in [2.75, 3.05) is 12.1 Å². The number of rotatable bonds is 3. The lowest BCUT2D eigenvalue weighted by Crippen LogP contribution is -2.53. The van der Waals surface area contributed by atoms with Gasteiger partial charge in [0.2, 0.25) is 12.7 Å². The van der Waals surface area contributed by atoms with Crippen LogP contribution in [0.25, 0.3) is 0 Å². The number of urea groups is 1. The van der Waals surface area contributed by atoms with E-state index in [0.717, 1.165) is 5.56 Å². The highest BCUT2D eigenvalue weighted by Gasteiger charge is 2.31. The number of anilines is 1. The molecular formula is C15H21N3O4. The maximum Gasteiger partial charge on any atom is 0.319 e. The third-order valence-corrected chi connectivity index (χ3v) is 3.39. The van der Waals surface area contributed by atoms with Crippen molar-refractivity contribution in [1.82, 2.24) is 5.32 Å². The van der Waals surface area contributed by atoms with Gasteiger partial charge in [-0.05, 0) is 24.0 Å². The Balaban J connectivity index is 2.11. The highest BCUT2D eigenvalue weighted by atomic mass is 16.7. The van der Waals surface area contributed by atoms with Crippen LogP contribution in [0.3, 0.4) is 0 Å². The molecule has 0 bridgehead atoms. The Morgan fingerprint density at radius 2 is 1.82 bits per heavy atom. The van der Waals surface area contributed by atoms with Crippen LogP contribution in [-0.2, 0) is 4.79 Å². The molecule has 0 spiro atoms. The number of hydrogen-bond acceptors (Lipinski definition) is 4. The Bertz CT molecular complexity index is 608. The summed E-state index contributed by atoms with van der Waals surface area (Å²) in [6, 6.07) is 2.20. The highest BCUT2D eigenvalue weighted by Crippen LogP contribution is 2.36. The number of aryl methyl sites for hydroxylation is 1. The quantitative estimate of drug-likeness (QED) is 0.791. The third kappa shape index (κ3) is 3.41. The maximum atomic E-state index is 12.1. The molecular weight excluding hydrogens is 286 g/mol. The first kappa shape index (κ1) is 15.9. The molecule has 3 amide bonds. The summed E-state index contributed by atoms with van der Waals surface area (Å²) in [6.45, 7) is 7.49. The minimum Gasteiger partial charge on any atom is -0.454 e. The molecule has 1 aliphatic rings. The first-order chi connectivity index (χ1) is 10.2. The van der Waals surface area contributed by atoms with Crippen molar-refractivity contribution in [3.8, 4) is 11.5 Å². The van der Waals surface area contributed by atoms with Crippen LogP contribution in [-0.4, -0.2) is 24.8 Å². The molecule has 22 heavy (non-hydrogen) atoms. The van der Waals surface area contributed by atoms with Gasteiger partial charge in [0.25, 0.3) is 0 Å². The average molecular weight is 307 g/mol. The second-order valence-corrected chi connectivity index (χ2v) is 6.32. The van der Waals surface area contributed by atoms with E-state index in [4.69, 9.17) is 15.2 Å². The fourth-order valence-electron chi connectivity index (χ4n) is 2.18.